The van der Waals surface area contributed by atoms with Gasteiger partial charge in [0.25, 0.3) is 0 Å². The number of carbonyl (C=O) groups excluding carboxylic acids is 1. The summed E-state index contributed by atoms with van der Waals surface area (Å²) in [6, 6.07) is 5.81. The number of benzene rings is 1. The van der Waals surface area contributed by atoms with Crippen LogP contribution in [0.3, 0.4) is 0 Å². The summed E-state index contributed by atoms with van der Waals surface area (Å²) in [7, 11) is 3.40. The summed E-state index contributed by atoms with van der Waals surface area (Å²) >= 11 is 0. The van der Waals surface area contributed by atoms with E-state index < -0.39 is 11.2 Å². The summed E-state index contributed by atoms with van der Waals surface area (Å²) in [6.07, 6.45) is 0.434. The Balaban J connectivity index is 2.05. The maximum atomic E-state index is 11.3. The predicted octanol–water partition coefficient (Wildman–Crippen LogP) is 1.65. The molecule has 1 aliphatic rings. The van der Waals surface area contributed by atoms with Crippen LogP contribution in [0.25, 0.3) is 0 Å². The number of amides is 1. The normalized spacial score (nSPS) is 14.9. The van der Waals surface area contributed by atoms with Crippen LogP contribution in [-0.2, 0) is 20.6 Å². The van der Waals surface area contributed by atoms with E-state index in [1.54, 1.807) is 14.6 Å². The van der Waals surface area contributed by atoms with Gasteiger partial charge in [0.1, 0.15) is 0 Å². The van der Waals surface area contributed by atoms with Crippen LogP contribution in [0.1, 0.15) is 33.3 Å². The van der Waals surface area contributed by atoms with Gasteiger partial charge in [-0.25, -0.2) is 0 Å². The third-order valence-corrected chi connectivity index (χ3v) is 4.20. The lowest BCUT2D eigenvalue weighted by Gasteiger charge is -2.40. The number of ether oxygens (including phenoxy) is 1. The van der Waals surface area contributed by atoms with Crippen molar-refractivity contribution >= 4 is 24.5 Å². The molecule has 2 rings (SSSR count). The minimum atomic E-state index is -0.463. The van der Waals surface area contributed by atoms with Gasteiger partial charge in [0.05, 0.1) is 17.6 Å². The van der Waals surface area contributed by atoms with Crippen LogP contribution in [0, 0.1) is 0 Å². The minimum absolute atomic E-state index is 0.0407. The Hall–Kier alpha value is -1.33. The van der Waals surface area contributed by atoms with E-state index in [-0.39, 0.29) is 5.91 Å². The average molecular weight is 274 g/mol. The maximum absolute atomic E-state index is 11.3. The minimum Gasteiger partial charge on any atom is -0.427 e. The number of hydrogen-bond acceptors (Lipinski definition) is 3. The largest absolute Gasteiger partial charge is 0.427 e. The van der Waals surface area contributed by atoms with E-state index in [1.807, 2.05) is 45.9 Å². The third kappa shape index (κ3) is 2.89. The highest BCUT2D eigenvalue weighted by Crippen LogP contribution is 2.28. The lowest BCUT2D eigenvalue weighted by atomic mass is 9.82. The molecule has 1 aromatic rings. The number of rotatable bonds is 5. The smallest absolute Gasteiger partial charge is 0.330 e. The van der Waals surface area contributed by atoms with E-state index in [0.29, 0.717) is 6.42 Å². The van der Waals surface area contributed by atoms with Gasteiger partial charge in [-0.2, -0.15) is 0 Å². The highest BCUT2D eigenvalue weighted by molar-refractivity contribution is 6.47. The first-order valence-electron chi connectivity index (χ1n) is 6.74. The summed E-state index contributed by atoms with van der Waals surface area (Å²) in [6.45, 7) is 7.97. The highest BCUT2D eigenvalue weighted by Gasteiger charge is 2.37. The molecule has 0 spiro atoms. The Morgan fingerprint density at radius 3 is 2.55 bits per heavy atom. The molecule has 0 unspecified atom stereocenters. The molecular weight excluding hydrogens is 253 g/mol. The first-order chi connectivity index (χ1) is 9.25. The third-order valence-electron chi connectivity index (χ3n) is 4.20. The fourth-order valence-electron chi connectivity index (χ4n) is 1.93. The van der Waals surface area contributed by atoms with Crippen molar-refractivity contribution in [3.63, 3.8) is 0 Å². The monoisotopic (exact) mass is 274 g/mol. The molecule has 107 valence electrons. The van der Waals surface area contributed by atoms with Gasteiger partial charge in [-0.3, -0.25) is 4.79 Å². The van der Waals surface area contributed by atoms with Crippen molar-refractivity contribution in [3.05, 3.63) is 23.8 Å². The number of carbonyl (C=O) groups is 1. The molecule has 0 fully saturated rings. The number of methoxy groups -OCH3 is 1. The SMILES string of the molecule is COC(C)(C)C(C)(C)O[B]c1ccc2c(c1)CC(=O)N2. The molecule has 0 aliphatic carbocycles. The molecule has 1 N–H and O–H groups in total. The van der Waals surface area contributed by atoms with Crippen molar-refractivity contribution in [2.24, 2.45) is 0 Å². The van der Waals surface area contributed by atoms with Crippen molar-refractivity contribution in [2.75, 3.05) is 12.4 Å². The lowest BCUT2D eigenvalue weighted by Crippen LogP contribution is -2.50. The molecule has 5 heteroatoms. The van der Waals surface area contributed by atoms with Crippen LogP contribution in [0.15, 0.2) is 18.2 Å². The fourth-order valence-corrected chi connectivity index (χ4v) is 1.93. The van der Waals surface area contributed by atoms with Crippen molar-refractivity contribution < 1.29 is 14.2 Å². The van der Waals surface area contributed by atoms with E-state index in [1.165, 1.54) is 0 Å². The van der Waals surface area contributed by atoms with Crippen LogP contribution in [-0.4, -0.2) is 31.7 Å². The first-order valence-corrected chi connectivity index (χ1v) is 6.74. The second-order valence-corrected chi connectivity index (χ2v) is 6.10. The molecule has 0 saturated carbocycles. The van der Waals surface area contributed by atoms with E-state index in [9.17, 15) is 4.79 Å². The van der Waals surface area contributed by atoms with Gasteiger partial charge in [-0.05, 0) is 39.3 Å². The molecule has 1 aliphatic heterocycles. The highest BCUT2D eigenvalue weighted by atomic mass is 16.5. The molecule has 1 amide bonds. The Labute approximate surface area is 121 Å². The summed E-state index contributed by atoms with van der Waals surface area (Å²) in [5.74, 6) is 0.0407. The topological polar surface area (TPSA) is 47.6 Å². The first kappa shape index (κ1) is 15.1. The zero-order valence-electron chi connectivity index (χ0n) is 12.7. The molecule has 0 saturated heterocycles. The second-order valence-electron chi connectivity index (χ2n) is 6.10. The zero-order chi connectivity index (χ0) is 15.0. The molecule has 0 bridgehead atoms. The number of fused-ring (bicyclic) bond motifs is 1. The van der Waals surface area contributed by atoms with Crippen LogP contribution < -0.4 is 10.8 Å². The predicted molar refractivity (Wildman–Crippen MR) is 80.4 cm³/mol. The van der Waals surface area contributed by atoms with Crippen LogP contribution in [0.2, 0.25) is 0 Å². The van der Waals surface area contributed by atoms with Crippen molar-refractivity contribution in [2.45, 2.75) is 45.3 Å². The van der Waals surface area contributed by atoms with E-state index in [0.717, 1.165) is 16.7 Å². The van der Waals surface area contributed by atoms with Gasteiger partial charge < -0.3 is 14.7 Å². The number of nitrogens with one attached hydrogen (secondary N) is 1. The fraction of sp³-hybridized carbons (Fsp3) is 0.533. The van der Waals surface area contributed by atoms with Gasteiger partial charge in [-0.15, -0.1) is 0 Å². The van der Waals surface area contributed by atoms with Crippen LogP contribution >= 0.6 is 0 Å². The van der Waals surface area contributed by atoms with Gasteiger partial charge in [-0.1, -0.05) is 17.6 Å². The molecule has 4 nitrogen and oxygen atoms in total. The molecule has 1 radical (unpaired) electrons. The summed E-state index contributed by atoms with van der Waals surface area (Å²) < 4.78 is 11.4. The zero-order valence-corrected chi connectivity index (χ0v) is 12.7. The number of anilines is 1. The van der Waals surface area contributed by atoms with E-state index >= 15 is 0 Å². The van der Waals surface area contributed by atoms with Crippen molar-refractivity contribution in [3.8, 4) is 0 Å². The maximum Gasteiger partial charge on any atom is 0.330 e. The Morgan fingerprint density at radius 1 is 1.20 bits per heavy atom. The Bertz CT molecular complexity index is 526. The molecule has 0 aromatic heterocycles. The lowest BCUT2D eigenvalue weighted by molar-refractivity contribution is -0.115. The van der Waals surface area contributed by atoms with Gasteiger partial charge in [0.2, 0.25) is 5.91 Å². The Kier molecular flexibility index (Phi) is 3.94. The average Bonchev–Trinajstić information content (AvgIpc) is 2.75. The van der Waals surface area contributed by atoms with E-state index in [4.69, 9.17) is 9.39 Å². The second kappa shape index (κ2) is 5.22. The van der Waals surface area contributed by atoms with Crippen LogP contribution in [0.4, 0.5) is 5.69 Å². The van der Waals surface area contributed by atoms with E-state index in [2.05, 4.69) is 5.32 Å². The van der Waals surface area contributed by atoms with Crippen LogP contribution in [0.5, 0.6) is 0 Å². The Morgan fingerprint density at radius 2 is 1.90 bits per heavy atom. The van der Waals surface area contributed by atoms with Gasteiger partial charge in [0.15, 0.2) is 0 Å². The standard InChI is InChI=1S/C15H21BNO3/c1-14(2,19-5)15(3,4)20-16-11-6-7-12-10(8-11)9-13(18)17-12/h6-8H,9H2,1-5H3,(H,17,18). The van der Waals surface area contributed by atoms with Crippen molar-refractivity contribution in [1.29, 1.82) is 0 Å². The molecular formula is C15H21BNO3. The van der Waals surface area contributed by atoms with Gasteiger partial charge in [0, 0.05) is 12.8 Å². The molecule has 0 atom stereocenters. The summed E-state index contributed by atoms with van der Waals surface area (Å²) in [5, 5.41) is 2.82. The van der Waals surface area contributed by atoms with Gasteiger partial charge >= 0.3 is 7.48 Å². The quantitative estimate of drug-likeness (QED) is 0.830. The summed E-state index contributed by atoms with van der Waals surface area (Å²) in [4.78, 5) is 11.3. The summed E-state index contributed by atoms with van der Waals surface area (Å²) in [5.41, 5.74) is 1.98. The molecule has 1 heterocycles. The number of hydrogen-bond donors (Lipinski definition) is 1. The molecule has 1 aromatic carbocycles. The van der Waals surface area contributed by atoms with Crippen molar-refractivity contribution in [1.82, 2.24) is 0 Å². The molecule has 20 heavy (non-hydrogen) atoms.